The average molecular weight is 244 g/mol. The monoisotopic (exact) mass is 244 g/mol. The van der Waals surface area contributed by atoms with E-state index in [1.165, 1.54) is 0 Å². The summed E-state index contributed by atoms with van der Waals surface area (Å²) >= 11 is 5.39. The zero-order chi connectivity index (χ0) is 13.1. The van der Waals surface area contributed by atoms with Gasteiger partial charge in [0, 0.05) is 19.5 Å². The Morgan fingerprint density at radius 2 is 1.75 bits per heavy atom. The number of nitrogens with one attached hydrogen (secondary N) is 1. The van der Waals surface area contributed by atoms with Gasteiger partial charge in [0.05, 0.1) is 11.0 Å². The molecule has 1 amide bonds. The molecule has 0 saturated heterocycles. The molecule has 0 aliphatic carbocycles. The van der Waals surface area contributed by atoms with Crippen molar-refractivity contribution < 1.29 is 4.79 Å². The number of nitrogens with zero attached hydrogens (tertiary/aromatic N) is 1. The van der Waals surface area contributed by atoms with Gasteiger partial charge < -0.3 is 10.2 Å². The maximum atomic E-state index is 11.4. The van der Waals surface area contributed by atoms with Crippen LogP contribution < -0.4 is 5.32 Å². The Morgan fingerprint density at radius 1 is 1.31 bits per heavy atom. The highest BCUT2D eigenvalue weighted by atomic mass is 32.1. The molecule has 4 heteroatoms. The summed E-state index contributed by atoms with van der Waals surface area (Å²) in [5.41, 5.74) is -0.0676. The van der Waals surface area contributed by atoms with Crippen LogP contribution in [-0.2, 0) is 4.79 Å². The van der Waals surface area contributed by atoms with Gasteiger partial charge in [-0.25, -0.2) is 0 Å². The lowest BCUT2D eigenvalue weighted by atomic mass is 10.0. The fraction of sp³-hybridized carbons (Fsp3) is 0.833. The second kappa shape index (κ2) is 5.62. The number of hydrogen-bond acceptors (Lipinski definition) is 2. The first-order valence-electron chi connectivity index (χ1n) is 5.61. The molecule has 1 atom stereocenters. The third-order valence-corrected chi connectivity index (χ3v) is 2.66. The van der Waals surface area contributed by atoms with Gasteiger partial charge in [0.2, 0.25) is 5.91 Å². The summed E-state index contributed by atoms with van der Waals surface area (Å²) in [5.74, 6) is 0.341. The van der Waals surface area contributed by atoms with Crippen molar-refractivity contribution in [3.05, 3.63) is 0 Å². The van der Waals surface area contributed by atoms with E-state index in [1.54, 1.807) is 18.9 Å². The Morgan fingerprint density at radius 3 is 2.00 bits per heavy atom. The molecule has 0 bridgehead atoms. The molecule has 3 nitrogen and oxygen atoms in total. The smallest absolute Gasteiger partial charge is 0.219 e. The first-order chi connectivity index (χ1) is 7.06. The van der Waals surface area contributed by atoms with Gasteiger partial charge in [-0.15, -0.1) is 0 Å². The fourth-order valence-corrected chi connectivity index (χ4v) is 2.30. The lowest BCUT2D eigenvalue weighted by Gasteiger charge is -2.34. The molecule has 16 heavy (non-hydrogen) atoms. The molecule has 0 spiro atoms. The molecule has 0 aliphatic heterocycles. The molecule has 0 saturated carbocycles. The SMILES string of the molecule is CC(=O)N(C)C(C(=S)NC(C)(C)C)C(C)C. The normalized spacial score (nSPS) is 13.5. The molecular formula is C12H24N2OS. The number of thiocarbonyl (C=S) groups is 1. The minimum Gasteiger partial charge on any atom is -0.373 e. The average Bonchev–Trinajstić information content (AvgIpc) is 1.99. The molecule has 0 aromatic rings. The lowest BCUT2D eigenvalue weighted by Crippen LogP contribution is -2.53. The van der Waals surface area contributed by atoms with Gasteiger partial charge in [0.25, 0.3) is 0 Å². The zero-order valence-electron chi connectivity index (χ0n) is 11.4. The van der Waals surface area contributed by atoms with Crippen LogP contribution in [-0.4, -0.2) is 34.4 Å². The van der Waals surface area contributed by atoms with Crippen molar-refractivity contribution >= 4 is 23.1 Å². The molecule has 0 aromatic carbocycles. The van der Waals surface area contributed by atoms with E-state index in [-0.39, 0.29) is 17.5 Å². The molecule has 0 aliphatic rings. The van der Waals surface area contributed by atoms with Gasteiger partial charge in [-0.2, -0.15) is 0 Å². The Kier molecular flexibility index (Phi) is 5.39. The molecule has 0 heterocycles. The summed E-state index contributed by atoms with van der Waals surface area (Å²) in [4.78, 5) is 13.8. The lowest BCUT2D eigenvalue weighted by molar-refractivity contribution is -0.129. The topological polar surface area (TPSA) is 32.3 Å². The van der Waals surface area contributed by atoms with Crippen molar-refractivity contribution in [2.75, 3.05) is 7.05 Å². The van der Waals surface area contributed by atoms with Gasteiger partial charge in [-0.05, 0) is 26.7 Å². The third-order valence-electron chi connectivity index (χ3n) is 2.31. The van der Waals surface area contributed by atoms with Gasteiger partial charge in [-0.3, -0.25) is 4.79 Å². The van der Waals surface area contributed by atoms with Crippen LogP contribution in [0.4, 0.5) is 0 Å². The van der Waals surface area contributed by atoms with Crippen molar-refractivity contribution in [3.63, 3.8) is 0 Å². The van der Waals surface area contributed by atoms with Crippen molar-refractivity contribution in [1.82, 2.24) is 10.2 Å². The minimum atomic E-state index is -0.0676. The number of rotatable bonds is 3. The van der Waals surface area contributed by atoms with E-state index in [9.17, 15) is 4.79 Å². The third kappa shape index (κ3) is 4.92. The number of carbonyl (C=O) groups is 1. The first-order valence-corrected chi connectivity index (χ1v) is 6.02. The van der Waals surface area contributed by atoms with Crippen LogP contribution in [0.3, 0.4) is 0 Å². The van der Waals surface area contributed by atoms with Crippen LogP contribution in [0.15, 0.2) is 0 Å². The molecule has 1 N–H and O–H groups in total. The van der Waals surface area contributed by atoms with E-state index >= 15 is 0 Å². The van der Waals surface area contributed by atoms with E-state index in [4.69, 9.17) is 12.2 Å². The van der Waals surface area contributed by atoms with E-state index in [0.29, 0.717) is 5.92 Å². The van der Waals surface area contributed by atoms with Gasteiger partial charge in [0.1, 0.15) is 0 Å². The molecule has 0 radical (unpaired) electrons. The fourth-order valence-electron chi connectivity index (χ4n) is 1.57. The zero-order valence-corrected chi connectivity index (χ0v) is 12.2. The van der Waals surface area contributed by atoms with Crippen LogP contribution in [0.5, 0.6) is 0 Å². The minimum absolute atomic E-state index is 0.0354. The number of carbonyl (C=O) groups excluding carboxylic acids is 1. The van der Waals surface area contributed by atoms with Crippen molar-refractivity contribution in [2.45, 2.75) is 53.1 Å². The molecule has 0 rings (SSSR count). The van der Waals surface area contributed by atoms with Crippen molar-refractivity contribution in [3.8, 4) is 0 Å². The second-order valence-corrected chi connectivity index (χ2v) is 6.00. The number of hydrogen-bond donors (Lipinski definition) is 1. The Bertz CT molecular complexity index is 269. The predicted molar refractivity (Wildman–Crippen MR) is 72.6 cm³/mol. The molecule has 1 unspecified atom stereocenters. The highest BCUT2D eigenvalue weighted by Crippen LogP contribution is 2.13. The molecule has 94 valence electrons. The highest BCUT2D eigenvalue weighted by Gasteiger charge is 2.27. The Balaban J connectivity index is 4.80. The maximum Gasteiger partial charge on any atom is 0.219 e. The Labute approximate surface area is 105 Å². The first kappa shape index (κ1) is 15.4. The van der Waals surface area contributed by atoms with Gasteiger partial charge >= 0.3 is 0 Å². The van der Waals surface area contributed by atoms with Gasteiger partial charge in [-0.1, -0.05) is 26.1 Å². The second-order valence-electron chi connectivity index (χ2n) is 5.56. The standard InChI is InChI=1S/C12H24N2OS/c1-8(2)10(14(7)9(3)15)11(16)13-12(4,5)6/h8,10H,1-7H3,(H,13,16). The van der Waals surface area contributed by atoms with Crippen LogP contribution in [0.25, 0.3) is 0 Å². The summed E-state index contributed by atoms with van der Waals surface area (Å²) in [6, 6.07) is -0.0354. The van der Waals surface area contributed by atoms with Crippen molar-refractivity contribution in [2.24, 2.45) is 5.92 Å². The van der Waals surface area contributed by atoms with E-state index in [1.807, 2.05) is 0 Å². The summed E-state index contributed by atoms with van der Waals surface area (Å²) < 4.78 is 0. The van der Waals surface area contributed by atoms with E-state index in [0.717, 1.165) is 4.99 Å². The largest absolute Gasteiger partial charge is 0.373 e. The van der Waals surface area contributed by atoms with Crippen molar-refractivity contribution in [1.29, 1.82) is 0 Å². The summed E-state index contributed by atoms with van der Waals surface area (Å²) in [6.07, 6.45) is 0. The van der Waals surface area contributed by atoms with E-state index < -0.39 is 0 Å². The van der Waals surface area contributed by atoms with Crippen LogP contribution in [0.1, 0.15) is 41.5 Å². The van der Waals surface area contributed by atoms with Gasteiger partial charge in [0.15, 0.2) is 0 Å². The summed E-state index contributed by atoms with van der Waals surface area (Å²) in [7, 11) is 1.80. The summed E-state index contributed by atoms with van der Waals surface area (Å²) in [5, 5.41) is 3.27. The molecule has 0 aromatic heterocycles. The Hall–Kier alpha value is -0.640. The quantitative estimate of drug-likeness (QED) is 0.773. The number of amides is 1. The van der Waals surface area contributed by atoms with Crippen LogP contribution >= 0.6 is 12.2 Å². The number of likely N-dealkylation sites (N-methyl/N-ethyl adjacent to an activating group) is 1. The predicted octanol–water partition coefficient (Wildman–Crippen LogP) is 2.20. The molecule has 0 fully saturated rings. The van der Waals surface area contributed by atoms with Crippen LogP contribution in [0, 0.1) is 5.92 Å². The molecular weight excluding hydrogens is 220 g/mol. The van der Waals surface area contributed by atoms with E-state index in [2.05, 4.69) is 39.9 Å². The highest BCUT2D eigenvalue weighted by molar-refractivity contribution is 7.80. The maximum absolute atomic E-state index is 11.4. The summed E-state index contributed by atoms with van der Waals surface area (Å²) in [6.45, 7) is 11.9. The van der Waals surface area contributed by atoms with Crippen LogP contribution in [0.2, 0.25) is 0 Å².